The van der Waals surface area contributed by atoms with Crippen molar-refractivity contribution in [2.75, 3.05) is 6.54 Å². The Morgan fingerprint density at radius 3 is 3.05 bits per heavy atom. The Bertz CT molecular complexity index is 569. The van der Waals surface area contributed by atoms with Gasteiger partial charge in [-0.15, -0.1) is 0 Å². The molecular weight excluding hydrogens is 240 g/mol. The second-order valence-electron chi connectivity index (χ2n) is 4.56. The third kappa shape index (κ3) is 3.51. The molecule has 1 unspecified atom stereocenters. The van der Waals surface area contributed by atoms with E-state index < -0.39 is 6.10 Å². The predicted octanol–water partition coefficient (Wildman–Crippen LogP) is 2.13. The van der Waals surface area contributed by atoms with Gasteiger partial charge in [0.25, 0.3) is 5.91 Å². The first kappa shape index (κ1) is 13.5. The Morgan fingerprint density at radius 2 is 2.26 bits per heavy atom. The molecule has 2 aromatic rings. The molecule has 0 aliphatic heterocycles. The molecule has 4 nitrogen and oxygen atoms in total. The third-order valence-corrected chi connectivity index (χ3v) is 2.99. The average Bonchev–Trinajstić information content (AvgIpc) is 2.44. The Hall–Kier alpha value is -1.94. The summed E-state index contributed by atoms with van der Waals surface area (Å²) in [5.41, 5.74) is 1.45. The van der Waals surface area contributed by atoms with Crippen LogP contribution in [0.4, 0.5) is 0 Å². The molecular formula is C15H18N2O2. The van der Waals surface area contributed by atoms with E-state index in [2.05, 4.69) is 10.3 Å². The highest BCUT2D eigenvalue weighted by Crippen LogP contribution is 2.13. The van der Waals surface area contributed by atoms with Gasteiger partial charge in [-0.2, -0.15) is 0 Å². The van der Waals surface area contributed by atoms with Crippen LogP contribution in [-0.4, -0.2) is 28.6 Å². The number of rotatable bonds is 5. The fraction of sp³-hybridized carbons (Fsp3) is 0.333. The van der Waals surface area contributed by atoms with Crippen molar-refractivity contribution < 1.29 is 9.90 Å². The second kappa shape index (κ2) is 6.29. The maximum atomic E-state index is 12.0. The number of aliphatic hydroxyl groups excluding tert-OH is 1. The molecule has 1 atom stereocenters. The van der Waals surface area contributed by atoms with E-state index in [4.69, 9.17) is 0 Å². The lowest BCUT2D eigenvalue weighted by atomic mass is 10.1. The zero-order valence-corrected chi connectivity index (χ0v) is 11.0. The first-order valence-electron chi connectivity index (χ1n) is 6.51. The van der Waals surface area contributed by atoms with E-state index in [0.29, 0.717) is 12.0 Å². The Balaban J connectivity index is 2.05. The van der Waals surface area contributed by atoms with Crippen molar-refractivity contribution in [3.8, 4) is 0 Å². The molecule has 0 saturated heterocycles. The minimum Gasteiger partial charge on any atom is -0.391 e. The monoisotopic (exact) mass is 258 g/mol. The van der Waals surface area contributed by atoms with Gasteiger partial charge in [-0.1, -0.05) is 19.4 Å². The highest BCUT2D eigenvalue weighted by atomic mass is 16.3. The van der Waals surface area contributed by atoms with Gasteiger partial charge in [0, 0.05) is 23.7 Å². The molecule has 0 aliphatic carbocycles. The summed E-state index contributed by atoms with van der Waals surface area (Å²) in [7, 11) is 0. The van der Waals surface area contributed by atoms with E-state index in [-0.39, 0.29) is 12.5 Å². The molecule has 4 heteroatoms. The summed E-state index contributed by atoms with van der Waals surface area (Å²) >= 11 is 0. The molecule has 1 heterocycles. The molecule has 19 heavy (non-hydrogen) atoms. The first-order chi connectivity index (χ1) is 9.20. The van der Waals surface area contributed by atoms with Gasteiger partial charge in [0.15, 0.2) is 0 Å². The van der Waals surface area contributed by atoms with Crippen molar-refractivity contribution in [1.29, 1.82) is 0 Å². The fourth-order valence-electron chi connectivity index (χ4n) is 1.96. The minimum atomic E-state index is -0.476. The van der Waals surface area contributed by atoms with Gasteiger partial charge in [-0.05, 0) is 30.7 Å². The van der Waals surface area contributed by atoms with Crippen molar-refractivity contribution in [3.63, 3.8) is 0 Å². The van der Waals surface area contributed by atoms with Gasteiger partial charge in [0.2, 0.25) is 0 Å². The largest absolute Gasteiger partial charge is 0.391 e. The SMILES string of the molecule is CCCC(O)CNC(=O)c1ccc2ncccc2c1. The highest BCUT2D eigenvalue weighted by Gasteiger charge is 2.09. The molecule has 0 fully saturated rings. The van der Waals surface area contributed by atoms with Gasteiger partial charge in [0.05, 0.1) is 11.6 Å². The van der Waals surface area contributed by atoms with Crippen LogP contribution >= 0.6 is 0 Å². The van der Waals surface area contributed by atoms with Crippen LogP contribution in [0.1, 0.15) is 30.1 Å². The molecule has 2 rings (SSSR count). The maximum Gasteiger partial charge on any atom is 0.251 e. The van der Waals surface area contributed by atoms with Crippen LogP contribution < -0.4 is 5.32 Å². The standard InChI is InChI=1S/C15H18N2O2/c1-2-4-13(18)10-17-15(19)12-6-7-14-11(9-12)5-3-8-16-14/h3,5-9,13,18H,2,4,10H2,1H3,(H,17,19). The number of hydrogen-bond acceptors (Lipinski definition) is 3. The van der Waals surface area contributed by atoms with Gasteiger partial charge in [-0.25, -0.2) is 0 Å². The van der Waals surface area contributed by atoms with E-state index in [0.717, 1.165) is 17.3 Å². The van der Waals surface area contributed by atoms with Crippen LogP contribution in [0.5, 0.6) is 0 Å². The van der Waals surface area contributed by atoms with E-state index in [1.54, 1.807) is 12.3 Å². The summed E-state index contributed by atoms with van der Waals surface area (Å²) in [5.74, 6) is -0.166. The lowest BCUT2D eigenvalue weighted by molar-refractivity contribution is 0.0910. The average molecular weight is 258 g/mol. The Kier molecular flexibility index (Phi) is 4.47. The number of nitrogens with zero attached hydrogens (tertiary/aromatic N) is 1. The molecule has 0 spiro atoms. The Labute approximate surface area is 112 Å². The van der Waals surface area contributed by atoms with Crippen LogP contribution in [0.15, 0.2) is 36.5 Å². The minimum absolute atomic E-state index is 0.166. The van der Waals surface area contributed by atoms with Crippen molar-refractivity contribution >= 4 is 16.8 Å². The summed E-state index contributed by atoms with van der Waals surface area (Å²) < 4.78 is 0. The van der Waals surface area contributed by atoms with Crippen molar-refractivity contribution in [3.05, 3.63) is 42.1 Å². The van der Waals surface area contributed by atoms with E-state index in [1.165, 1.54) is 0 Å². The summed E-state index contributed by atoms with van der Waals surface area (Å²) in [6, 6.07) is 9.15. The lowest BCUT2D eigenvalue weighted by Crippen LogP contribution is -2.31. The van der Waals surface area contributed by atoms with Crippen molar-refractivity contribution in [2.24, 2.45) is 0 Å². The van der Waals surface area contributed by atoms with E-state index in [9.17, 15) is 9.90 Å². The first-order valence-corrected chi connectivity index (χ1v) is 6.51. The number of benzene rings is 1. The maximum absolute atomic E-state index is 12.0. The number of carbonyl (C=O) groups is 1. The lowest BCUT2D eigenvalue weighted by Gasteiger charge is -2.10. The number of pyridine rings is 1. The molecule has 0 bridgehead atoms. The van der Waals surface area contributed by atoms with Crippen LogP contribution in [0, 0.1) is 0 Å². The number of amides is 1. The van der Waals surface area contributed by atoms with Crippen molar-refractivity contribution in [1.82, 2.24) is 10.3 Å². The highest BCUT2D eigenvalue weighted by molar-refractivity contribution is 5.97. The zero-order chi connectivity index (χ0) is 13.7. The number of hydrogen-bond donors (Lipinski definition) is 2. The van der Waals surface area contributed by atoms with Crippen LogP contribution in [0.2, 0.25) is 0 Å². The zero-order valence-electron chi connectivity index (χ0n) is 11.0. The number of aliphatic hydroxyl groups is 1. The summed E-state index contributed by atoms with van der Waals surface area (Å²) in [4.78, 5) is 16.2. The molecule has 0 aliphatic rings. The second-order valence-corrected chi connectivity index (χ2v) is 4.56. The summed E-state index contributed by atoms with van der Waals surface area (Å²) in [6.45, 7) is 2.29. The van der Waals surface area contributed by atoms with Crippen molar-refractivity contribution in [2.45, 2.75) is 25.9 Å². The summed E-state index contributed by atoms with van der Waals surface area (Å²) in [6.07, 6.45) is 2.85. The van der Waals surface area contributed by atoms with Gasteiger partial charge in [0.1, 0.15) is 0 Å². The molecule has 1 aromatic carbocycles. The normalized spacial score (nSPS) is 12.3. The molecule has 1 aromatic heterocycles. The molecule has 1 amide bonds. The van der Waals surface area contributed by atoms with Crippen LogP contribution in [-0.2, 0) is 0 Å². The van der Waals surface area contributed by atoms with Crippen LogP contribution in [0.3, 0.4) is 0 Å². The fourth-order valence-corrected chi connectivity index (χ4v) is 1.96. The van der Waals surface area contributed by atoms with E-state index in [1.807, 2.05) is 31.2 Å². The Morgan fingerprint density at radius 1 is 1.42 bits per heavy atom. The number of nitrogens with one attached hydrogen (secondary N) is 1. The van der Waals surface area contributed by atoms with Gasteiger partial charge in [-0.3, -0.25) is 9.78 Å². The number of aromatic nitrogens is 1. The van der Waals surface area contributed by atoms with Gasteiger partial charge >= 0.3 is 0 Å². The predicted molar refractivity (Wildman–Crippen MR) is 75.0 cm³/mol. The quantitative estimate of drug-likeness (QED) is 0.863. The topological polar surface area (TPSA) is 62.2 Å². The van der Waals surface area contributed by atoms with E-state index >= 15 is 0 Å². The molecule has 2 N–H and O–H groups in total. The number of fused-ring (bicyclic) bond motifs is 1. The van der Waals surface area contributed by atoms with Crippen LogP contribution in [0.25, 0.3) is 10.9 Å². The smallest absolute Gasteiger partial charge is 0.251 e. The summed E-state index contributed by atoms with van der Waals surface area (Å²) in [5, 5.41) is 13.3. The molecule has 0 saturated carbocycles. The third-order valence-electron chi connectivity index (χ3n) is 2.99. The number of carbonyl (C=O) groups excluding carboxylic acids is 1. The molecule has 100 valence electrons. The van der Waals surface area contributed by atoms with Gasteiger partial charge < -0.3 is 10.4 Å². The molecule has 0 radical (unpaired) electrons.